The molecule has 0 amide bonds. The van der Waals surface area contributed by atoms with Gasteiger partial charge in [-0.3, -0.25) is 0 Å². The monoisotopic (exact) mass is 382 g/mol. The SMILES string of the molecule is Cc1ccc(C(O)c2cc(Br)c(C)cc2Br)cc1C. The van der Waals surface area contributed by atoms with Crippen molar-refractivity contribution in [1.82, 2.24) is 0 Å². The Kier molecular flexibility index (Phi) is 4.49. The molecule has 0 saturated heterocycles. The van der Waals surface area contributed by atoms with E-state index >= 15 is 0 Å². The topological polar surface area (TPSA) is 20.2 Å². The molecule has 3 heteroatoms. The van der Waals surface area contributed by atoms with E-state index in [9.17, 15) is 5.11 Å². The van der Waals surface area contributed by atoms with Gasteiger partial charge in [0.25, 0.3) is 0 Å². The fourth-order valence-electron chi connectivity index (χ4n) is 1.99. The predicted molar refractivity (Wildman–Crippen MR) is 86.6 cm³/mol. The fourth-order valence-corrected chi connectivity index (χ4v) is 3.02. The molecule has 0 aliphatic heterocycles. The van der Waals surface area contributed by atoms with E-state index in [4.69, 9.17) is 0 Å². The molecule has 1 unspecified atom stereocenters. The fraction of sp³-hybridized carbons (Fsp3) is 0.250. The predicted octanol–water partition coefficient (Wildman–Crippen LogP) is 5.22. The Morgan fingerprint density at radius 3 is 2.16 bits per heavy atom. The van der Waals surface area contributed by atoms with Crippen LogP contribution < -0.4 is 0 Å². The first-order valence-corrected chi connectivity index (χ1v) is 7.69. The Morgan fingerprint density at radius 1 is 0.842 bits per heavy atom. The number of rotatable bonds is 2. The molecule has 0 radical (unpaired) electrons. The highest BCUT2D eigenvalue weighted by Crippen LogP contribution is 2.33. The van der Waals surface area contributed by atoms with Crippen molar-refractivity contribution >= 4 is 31.9 Å². The number of aliphatic hydroxyl groups is 1. The third kappa shape index (κ3) is 3.10. The molecule has 100 valence electrons. The molecule has 1 N–H and O–H groups in total. The van der Waals surface area contributed by atoms with Gasteiger partial charge in [-0.05, 0) is 55.2 Å². The van der Waals surface area contributed by atoms with E-state index in [1.807, 2.05) is 37.3 Å². The van der Waals surface area contributed by atoms with Gasteiger partial charge < -0.3 is 5.11 Å². The van der Waals surface area contributed by atoms with E-state index in [1.54, 1.807) is 0 Å². The molecule has 19 heavy (non-hydrogen) atoms. The molecule has 2 aromatic carbocycles. The third-order valence-corrected chi connectivity index (χ3v) is 4.96. The van der Waals surface area contributed by atoms with Gasteiger partial charge in [0.2, 0.25) is 0 Å². The van der Waals surface area contributed by atoms with Gasteiger partial charge in [-0.25, -0.2) is 0 Å². The highest BCUT2D eigenvalue weighted by atomic mass is 79.9. The summed E-state index contributed by atoms with van der Waals surface area (Å²) in [6.07, 6.45) is -0.620. The van der Waals surface area contributed by atoms with Gasteiger partial charge in [0, 0.05) is 14.5 Å². The van der Waals surface area contributed by atoms with Gasteiger partial charge >= 0.3 is 0 Å². The van der Waals surface area contributed by atoms with Crippen LogP contribution in [0.3, 0.4) is 0 Å². The lowest BCUT2D eigenvalue weighted by Gasteiger charge is -2.16. The molecular weight excluding hydrogens is 368 g/mol. The minimum absolute atomic E-state index is 0.620. The van der Waals surface area contributed by atoms with Crippen LogP contribution >= 0.6 is 31.9 Å². The third-order valence-electron chi connectivity index (χ3n) is 3.42. The Balaban J connectivity index is 2.46. The van der Waals surface area contributed by atoms with Crippen LogP contribution in [0.25, 0.3) is 0 Å². The molecule has 2 aromatic rings. The van der Waals surface area contributed by atoms with Crippen LogP contribution in [0, 0.1) is 20.8 Å². The lowest BCUT2D eigenvalue weighted by molar-refractivity contribution is 0.219. The summed E-state index contributed by atoms with van der Waals surface area (Å²) in [6, 6.07) is 10.1. The van der Waals surface area contributed by atoms with Crippen molar-refractivity contribution in [3.63, 3.8) is 0 Å². The number of halogens is 2. The first kappa shape index (κ1) is 14.8. The minimum Gasteiger partial charge on any atom is -0.384 e. The molecule has 1 nitrogen and oxygen atoms in total. The van der Waals surface area contributed by atoms with E-state index in [1.165, 1.54) is 11.1 Å². The Morgan fingerprint density at radius 2 is 1.53 bits per heavy atom. The molecule has 0 spiro atoms. The van der Waals surface area contributed by atoms with E-state index in [2.05, 4.69) is 45.7 Å². The Bertz CT molecular complexity index is 620. The second-order valence-corrected chi connectivity index (χ2v) is 6.58. The maximum absolute atomic E-state index is 10.6. The number of aryl methyl sites for hydroxylation is 3. The number of hydrogen-bond acceptors (Lipinski definition) is 1. The highest BCUT2D eigenvalue weighted by molar-refractivity contribution is 9.11. The second kappa shape index (κ2) is 5.78. The van der Waals surface area contributed by atoms with Crippen molar-refractivity contribution in [2.45, 2.75) is 26.9 Å². The lowest BCUT2D eigenvalue weighted by atomic mass is 9.97. The van der Waals surface area contributed by atoms with Crippen LogP contribution in [-0.4, -0.2) is 5.11 Å². The maximum Gasteiger partial charge on any atom is 0.105 e. The zero-order valence-corrected chi connectivity index (χ0v) is 14.3. The van der Waals surface area contributed by atoms with Gasteiger partial charge in [0.15, 0.2) is 0 Å². The summed E-state index contributed by atoms with van der Waals surface area (Å²) in [4.78, 5) is 0. The summed E-state index contributed by atoms with van der Waals surface area (Å²) in [5.74, 6) is 0. The molecule has 0 bridgehead atoms. The van der Waals surface area contributed by atoms with E-state index in [0.29, 0.717) is 0 Å². The van der Waals surface area contributed by atoms with Crippen LogP contribution in [0.4, 0.5) is 0 Å². The largest absolute Gasteiger partial charge is 0.384 e. The van der Waals surface area contributed by atoms with Gasteiger partial charge in [-0.1, -0.05) is 50.1 Å². The van der Waals surface area contributed by atoms with E-state index < -0.39 is 6.10 Å². The number of hydrogen-bond donors (Lipinski definition) is 1. The van der Waals surface area contributed by atoms with Crippen LogP contribution in [0.5, 0.6) is 0 Å². The molecular formula is C16H16Br2O. The highest BCUT2D eigenvalue weighted by Gasteiger charge is 2.15. The standard InChI is InChI=1S/C16H16Br2O/c1-9-4-5-12(6-10(9)2)16(19)13-8-14(17)11(3)7-15(13)18/h4-8,16,19H,1-3H3. The molecule has 0 heterocycles. The quantitative estimate of drug-likeness (QED) is 0.753. The Labute approximate surface area is 130 Å². The molecule has 2 rings (SSSR count). The first-order chi connectivity index (χ1) is 8.90. The van der Waals surface area contributed by atoms with Gasteiger partial charge in [0.1, 0.15) is 6.10 Å². The second-order valence-electron chi connectivity index (χ2n) is 4.87. The van der Waals surface area contributed by atoms with Gasteiger partial charge in [-0.15, -0.1) is 0 Å². The average molecular weight is 384 g/mol. The number of benzene rings is 2. The van der Waals surface area contributed by atoms with Crippen LogP contribution in [-0.2, 0) is 0 Å². The van der Waals surface area contributed by atoms with Crippen LogP contribution in [0.1, 0.15) is 33.9 Å². The number of aliphatic hydroxyl groups excluding tert-OH is 1. The summed E-state index contributed by atoms with van der Waals surface area (Å²) in [5.41, 5.74) is 5.36. The van der Waals surface area contributed by atoms with Gasteiger partial charge in [-0.2, -0.15) is 0 Å². The molecule has 0 aromatic heterocycles. The van der Waals surface area contributed by atoms with Crippen molar-refractivity contribution in [3.8, 4) is 0 Å². The summed E-state index contributed by atoms with van der Waals surface area (Å²) < 4.78 is 1.94. The zero-order valence-electron chi connectivity index (χ0n) is 11.2. The average Bonchev–Trinajstić information content (AvgIpc) is 2.36. The first-order valence-electron chi connectivity index (χ1n) is 6.11. The van der Waals surface area contributed by atoms with Crippen molar-refractivity contribution in [1.29, 1.82) is 0 Å². The summed E-state index contributed by atoms with van der Waals surface area (Å²) in [6.45, 7) is 6.16. The summed E-state index contributed by atoms with van der Waals surface area (Å²) >= 11 is 7.05. The normalized spacial score (nSPS) is 12.5. The Hall–Kier alpha value is -0.640. The minimum atomic E-state index is -0.620. The van der Waals surface area contributed by atoms with E-state index in [-0.39, 0.29) is 0 Å². The lowest BCUT2D eigenvalue weighted by Crippen LogP contribution is -2.02. The zero-order chi connectivity index (χ0) is 14.2. The maximum atomic E-state index is 10.6. The van der Waals surface area contributed by atoms with Crippen molar-refractivity contribution in [2.24, 2.45) is 0 Å². The smallest absolute Gasteiger partial charge is 0.105 e. The van der Waals surface area contributed by atoms with Gasteiger partial charge in [0.05, 0.1) is 0 Å². The molecule has 1 atom stereocenters. The molecule has 0 saturated carbocycles. The summed E-state index contributed by atoms with van der Waals surface area (Å²) in [5, 5.41) is 10.6. The molecule has 0 aliphatic rings. The van der Waals surface area contributed by atoms with Crippen LogP contribution in [0.15, 0.2) is 39.3 Å². The molecule has 0 aliphatic carbocycles. The van der Waals surface area contributed by atoms with E-state index in [0.717, 1.165) is 25.6 Å². The van der Waals surface area contributed by atoms with Crippen LogP contribution in [0.2, 0.25) is 0 Å². The van der Waals surface area contributed by atoms with Crippen molar-refractivity contribution in [2.75, 3.05) is 0 Å². The summed E-state index contributed by atoms with van der Waals surface area (Å²) in [7, 11) is 0. The van der Waals surface area contributed by atoms with Crippen molar-refractivity contribution < 1.29 is 5.11 Å². The molecule has 0 fully saturated rings. The van der Waals surface area contributed by atoms with Crippen molar-refractivity contribution in [3.05, 3.63) is 67.1 Å².